The van der Waals surface area contributed by atoms with E-state index in [-0.39, 0.29) is 5.91 Å². The average Bonchev–Trinajstić information content (AvgIpc) is 1.80. The minimum Gasteiger partial charge on any atom is -0.353 e. The van der Waals surface area contributed by atoms with Crippen molar-refractivity contribution >= 4 is 5.91 Å². The summed E-state index contributed by atoms with van der Waals surface area (Å²) in [5.74, 6) is -0.0105. The van der Waals surface area contributed by atoms with Gasteiger partial charge in [-0.25, -0.2) is 0 Å². The maximum Gasteiger partial charge on any atom is 0.217 e. The number of allylic oxidation sites excluding steroid dienone is 2. The minimum absolute atomic E-state index is 0.0105. The molecule has 0 saturated heterocycles. The summed E-state index contributed by atoms with van der Waals surface area (Å²) in [4.78, 5) is 10.2. The molecule has 0 rings (SSSR count). The molecule has 0 unspecified atom stereocenters. The fourth-order valence-electron chi connectivity index (χ4n) is 0.367. The molecule has 1 N–H and O–H groups in total. The molecule has 0 bridgehead atoms. The van der Waals surface area contributed by atoms with Gasteiger partial charge in [-0.05, 0) is 0 Å². The molecule has 0 saturated carbocycles. The van der Waals surface area contributed by atoms with Crippen molar-refractivity contribution < 1.29 is 4.79 Å². The van der Waals surface area contributed by atoms with Crippen molar-refractivity contribution in [2.75, 3.05) is 6.54 Å². The molecule has 0 aliphatic carbocycles. The second-order valence-corrected chi connectivity index (χ2v) is 1.60. The number of nitrogens with one attached hydrogen (secondary N) is 1. The lowest BCUT2D eigenvalue weighted by Crippen LogP contribution is -2.19. The zero-order valence-electron chi connectivity index (χ0n) is 5.55. The zero-order chi connectivity index (χ0) is 7.11. The minimum atomic E-state index is -0.0105. The van der Waals surface area contributed by atoms with Crippen LogP contribution in [0, 0.1) is 0 Å². The normalized spacial score (nSPS) is 9.44. The number of hydrogen-bond donors (Lipinski definition) is 1. The summed E-state index contributed by atoms with van der Waals surface area (Å²) >= 11 is 0. The van der Waals surface area contributed by atoms with Crippen molar-refractivity contribution in [3.63, 3.8) is 0 Å². The number of hydrogen-bond acceptors (Lipinski definition) is 1. The van der Waals surface area contributed by atoms with Gasteiger partial charge in [-0.2, -0.15) is 0 Å². The van der Waals surface area contributed by atoms with Crippen molar-refractivity contribution in [1.29, 1.82) is 0 Å². The Morgan fingerprint density at radius 3 is 2.89 bits per heavy atom. The first kappa shape index (κ1) is 7.95. The topological polar surface area (TPSA) is 29.1 Å². The van der Waals surface area contributed by atoms with Crippen molar-refractivity contribution in [3.05, 3.63) is 24.8 Å². The molecule has 50 valence electrons. The van der Waals surface area contributed by atoms with Gasteiger partial charge in [-0.3, -0.25) is 4.79 Å². The van der Waals surface area contributed by atoms with Crippen LogP contribution in [0.5, 0.6) is 0 Å². The van der Waals surface area contributed by atoms with Crippen LogP contribution in [0.2, 0.25) is 0 Å². The predicted octanol–water partition coefficient (Wildman–Crippen LogP) is 0.865. The van der Waals surface area contributed by atoms with Gasteiger partial charge in [-0.15, -0.1) is 0 Å². The highest BCUT2D eigenvalue weighted by Gasteiger charge is 1.81. The molecule has 0 spiro atoms. The first-order valence-corrected chi connectivity index (χ1v) is 2.79. The molecular weight excluding hydrogens is 114 g/mol. The molecule has 2 nitrogen and oxygen atoms in total. The maximum atomic E-state index is 10.2. The van der Waals surface area contributed by atoms with Crippen LogP contribution >= 0.6 is 0 Å². The van der Waals surface area contributed by atoms with Crippen molar-refractivity contribution in [3.8, 4) is 0 Å². The molecule has 9 heavy (non-hydrogen) atoms. The van der Waals surface area contributed by atoms with Crippen molar-refractivity contribution in [1.82, 2.24) is 5.32 Å². The van der Waals surface area contributed by atoms with E-state index in [4.69, 9.17) is 0 Å². The van der Waals surface area contributed by atoms with E-state index < -0.39 is 0 Å². The fourth-order valence-corrected chi connectivity index (χ4v) is 0.367. The predicted molar refractivity (Wildman–Crippen MR) is 38.0 cm³/mol. The number of rotatable bonds is 3. The average molecular weight is 125 g/mol. The van der Waals surface area contributed by atoms with Gasteiger partial charge in [0.05, 0.1) is 0 Å². The van der Waals surface area contributed by atoms with E-state index in [9.17, 15) is 4.79 Å². The maximum absolute atomic E-state index is 10.2. The third-order valence-electron chi connectivity index (χ3n) is 0.741. The zero-order valence-corrected chi connectivity index (χ0v) is 5.55. The molecule has 0 heterocycles. The van der Waals surface area contributed by atoms with Gasteiger partial charge in [0.2, 0.25) is 5.91 Å². The van der Waals surface area contributed by atoms with E-state index >= 15 is 0 Å². The molecule has 0 aromatic carbocycles. The summed E-state index contributed by atoms with van der Waals surface area (Å²) in [5.41, 5.74) is 0. The monoisotopic (exact) mass is 125 g/mol. The molecule has 2 heteroatoms. The second kappa shape index (κ2) is 5.09. The Hall–Kier alpha value is -1.05. The largest absolute Gasteiger partial charge is 0.353 e. The number of amides is 1. The molecule has 0 aliphatic heterocycles. The van der Waals surface area contributed by atoms with E-state index in [0.29, 0.717) is 6.54 Å². The molecule has 1 amide bonds. The van der Waals surface area contributed by atoms with Gasteiger partial charge in [0.1, 0.15) is 0 Å². The summed E-state index contributed by atoms with van der Waals surface area (Å²) in [6.07, 6.45) is 5.28. The molecule has 0 radical (unpaired) electrons. The summed E-state index contributed by atoms with van der Waals surface area (Å²) in [6, 6.07) is 0. The number of carbonyl (C=O) groups is 1. The SMILES string of the molecule is C=C/C=C\CNC(C)=O. The number of carbonyl (C=O) groups excluding carboxylic acids is 1. The van der Waals surface area contributed by atoms with Crippen LogP contribution in [0.25, 0.3) is 0 Å². The lowest BCUT2D eigenvalue weighted by molar-refractivity contribution is -0.118. The van der Waals surface area contributed by atoms with E-state index in [1.54, 1.807) is 12.2 Å². The molecule has 0 fully saturated rings. The molecule has 0 aromatic rings. The molecule has 0 aromatic heterocycles. The Morgan fingerprint density at radius 1 is 1.78 bits per heavy atom. The lowest BCUT2D eigenvalue weighted by atomic mass is 10.5. The Morgan fingerprint density at radius 2 is 2.44 bits per heavy atom. The van der Waals surface area contributed by atoms with Crippen molar-refractivity contribution in [2.45, 2.75) is 6.92 Å². The van der Waals surface area contributed by atoms with Gasteiger partial charge < -0.3 is 5.32 Å². The van der Waals surface area contributed by atoms with Gasteiger partial charge in [0, 0.05) is 13.5 Å². The Kier molecular flexibility index (Phi) is 4.50. The Labute approximate surface area is 55.3 Å². The Bertz CT molecular complexity index is 127. The molecular formula is C7H11NO. The fraction of sp³-hybridized carbons (Fsp3) is 0.286. The summed E-state index contributed by atoms with van der Waals surface area (Å²) in [6.45, 7) is 5.55. The van der Waals surface area contributed by atoms with E-state index in [1.807, 2.05) is 6.08 Å². The third-order valence-corrected chi connectivity index (χ3v) is 0.741. The van der Waals surface area contributed by atoms with Crippen molar-refractivity contribution in [2.24, 2.45) is 0 Å². The first-order valence-electron chi connectivity index (χ1n) is 2.79. The van der Waals surface area contributed by atoms with Gasteiger partial charge in [0.15, 0.2) is 0 Å². The summed E-state index contributed by atoms with van der Waals surface area (Å²) in [7, 11) is 0. The van der Waals surface area contributed by atoms with Gasteiger partial charge >= 0.3 is 0 Å². The van der Waals surface area contributed by atoms with Crippen LogP contribution < -0.4 is 5.32 Å². The lowest BCUT2D eigenvalue weighted by Gasteiger charge is -1.91. The highest BCUT2D eigenvalue weighted by molar-refractivity contribution is 5.72. The molecule has 0 atom stereocenters. The highest BCUT2D eigenvalue weighted by atomic mass is 16.1. The summed E-state index contributed by atoms with van der Waals surface area (Å²) < 4.78 is 0. The molecule has 0 aliphatic rings. The van der Waals surface area contributed by atoms with E-state index in [1.165, 1.54) is 6.92 Å². The standard InChI is InChI=1S/C7H11NO/c1-3-4-5-6-8-7(2)9/h3-5H,1,6H2,2H3,(H,8,9)/b5-4-. The Balaban J connectivity index is 3.19. The van der Waals surface area contributed by atoms with Crippen LogP contribution in [0.3, 0.4) is 0 Å². The quantitative estimate of drug-likeness (QED) is 0.557. The first-order chi connectivity index (χ1) is 4.27. The third kappa shape index (κ3) is 6.95. The van der Waals surface area contributed by atoms with Gasteiger partial charge in [-0.1, -0.05) is 24.8 Å². The van der Waals surface area contributed by atoms with Gasteiger partial charge in [0.25, 0.3) is 0 Å². The second-order valence-electron chi connectivity index (χ2n) is 1.60. The van der Waals surface area contributed by atoms with Crippen LogP contribution in [0.1, 0.15) is 6.92 Å². The van der Waals surface area contributed by atoms with E-state index in [2.05, 4.69) is 11.9 Å². The van der Waals surface area contributed by atoms with Crippen LogP contribution in [0.15, 0.2) is 24.8 Å². The highest BCUT2D eigenvalue weighted by Crippen LogP contribution is 1.70. The van der Waals surface area contributed by atoms with Crippen LogP contribution in [-0.4, -0.2) is 12.5 Å². The van der Waals surface area contributed by atoms with E-state index in [0.717, 1.165) is 0 Å². The van der Waals surface area contributed by atoms with Crippen LogP contribution in [0.4, 0.5) is 0 Å². The summed E-state index contributed by atoms with van der Waals surface area (Å²) in [5, 5.41) is 2.61. The van der Waals surface area contributed by atoms with Crippen LogP contribution in [-0.2, 0) is 4.79 Å². The smallest absolute Gasteiger partial charge is 0.217 e.